The number of amides is 1. The molecule has 0 bridgehead atoms. The first-order valence-corrected chi connectivity index (χ1v) is 7.60. The number of nitrogens with zero attached hydrogens (tertiary/aromatic N) is 5. The van der Waals surface area contributed by atoms with Gasteiger partial charge in [0.05, 0.1) is 17.3 Å². The van der Waals surface area contributed by atoms with Gasteiger partial charge in [0.1, 0.15) is 24.0 Å². The summed E-state index contributed by atoms with van der Waals surface area (Å²) >= 11 is 0. The number of nitrogens with one attached hydrogen (secondary N) is 1. The van der Waals surface area contributed by atoms with Crippen molar-refractivity contribution in [3.05, 3.63) is 42.6 Å². The first kappa shape index (κ1) is 14.6. The Bertz CT molecular complexity index is 924. The molecular weight excluding hydrogens is 311 g/mol. The highest BCUT2D eigenvalue weighted by Gasteiger charge is 2.34. The van der Waals surface area contributed by atoms with Crippen molar-refractivity contribution in [1.29, 1.82) is 0 Å². The molecule has 7 nitrogen and oxygen atoms in total. The van der Waals surface area contributed by atoms with Crippen LogP contribution in [0.15, 0.2) is 36.8 Å². The molecule has 1 N–H and O–H groups in total. The number of anilines is 2. The summed E-state index contributed by atoms with van der Waals surface area (Å²) in [6.45, 7) is 0.457. The highest BCUT2D eigenvalue weighted by Crippen LogP contribution is 2.27. The minimum atomic E-state index is -0.456. The average Bonchev–Trinajstić information content (AvgIpc) is 3.13. The average molecular weight is 326 g/mol. The van der Waals surface area contributed by atoms with Gasteiger partial charge in [-0.3, -0.25) is 9.48 Å². The van der Waals surface area contributed by atoms with Crippen molar-refractivity contribution < 1.29 is 9.18 Å². The molecule has 1 amide bonds. The SMILES string of the molecule is Cn1ncc2c(NC3CCN(c4ccccc4F)C3=O)ncnc21. The van der Waals surface area contributed by atoms with E-state index in [0.29, 0.717) is 30.1 Å². The molecule has 24 heavy (non-hydrogen) atoms. The number of hydrogen-bond donors (Lipinski definition) is 1. The lowest BCUT2D eigenvalue weighted by Crippen LogP contribution is -2.34. The number of hydrogen-bond acceptors (Lipinski definition) is 5. The number of para-hydroxylation sites is 1. The zero-order valence-electron chi connectivity index (χ0n) is 13.0. The second kappa shape index (κ2) is 5.55. The number of fused-ring (bicyclic) bond motifs is 1. The molecule has 1 atom stereocenters. The normalized spacial score (nSPS) is 17.7. The number of aromatic nitrogens is 4. The molecule has 4 rings (SSSR count). The van der Waals surface area contributed by atoms with E-state index in [0.717, 1.165) is 5.39 Å². The summed E-state index contributed by atoms with van der Waals surface area (Å²) in [5, 5.41) is 8.05. The van der Waals surface area contributed by atoms with Gasteiger partial charge in [0.25, 0.3) is 0 Å². The molecule has 0 saturated carbocycles. The van der Waals surface area contributed by atoms with Crippen molar-refractivity contribution in [1.82, 2.24) is 19.7 Å². The van der Waals surface area contributed by atoms with Crippen LogP contribution in [0, 0.1) is 5.82 Å². The van der Waals surface area contributed by atoms with Crippen molar-refractivity contribution in [2.75, 3.05) is 16.8 Å². The molecule has 1 aliphatic rings. The van der Waals surface area contributed by atoms with E-state index in [9.17, 15) is 9.18 Å². The van der Waals surface area contributed by atoms with Gasteiger partial charge < -0.3 is 10.2 Å². The van der Waals surface area contributed by atoms with E-state index < -0.39 is 11.9 Å². The maximum absolute atomic E-state index is 13.9. The van der Waals surface area contributed by atoms with Crippen LogP contribution < -0.4 is 10.2 Å². The fourth-order valence-corrected chi connectivity index (χ4v) is 2.97. The molecule has 1 aromatic carbocycles. The molecule has 1 unspecified atom stereocenters. The molecular formula is C16H15FN6O. The number of aryl methyl sites for hydroxylation is 1. The van der Waals surface area contributed by atoms with Gasteiger partial charge in [-0.05, 0) is 18.6 Å². The summed E-state index contributed by atoms with van der Waals surface area (Å²) in [4.78, 5) is 22.5. The molecule has 8 heteroatoms. The van der Waals surface area contributed by atoms with Gasteiger partial charge in [-0.2, -0.15) is 5.10 Å². The van der Waals surface area contributed by atoms with E-state index in [1.54, 1.807) is 36.1 Å². The van der Waals surface area contributed by atoms with E-state index in [1.165, 1.54) is 17.3 Å². The lowest BCUT2D eigenvalue weighted by molar-refractivity contribution is -0.117. The fraction of sp³-hybridized carbons (Fsp3) is 0.250. The van der Waals surface area contributed by atoms with Crippen molar-refractivity contribution >= 4 is 28.4 Å². The standard InChI is InChI=1S/C16H15FN6O/c1-22-15-10(8-20-22)14(18-9-19-15)21-12-6-7-23(16(12)24)13-5-3-2-4-11(13)17/h2-5,8-9,12H,6-7H2,1H3,(H,18,19,21). The smallest absolute Gasteiger partial charge is 0.249 e. The minimum Gasteiger partial charge on any atom is -0.358 e. The van der Waals surface area contributed by atoms with Gasteiger partial charge >= 0.3 is 0 Å². The fourth-order valence-electron chi connectivity index (χ4n) is 2.97. The molecule has 2 aromatic heterocycles. The Kier molecular flexibility index (Phi) is 3.37. The molecule has 0 spiro atoms. The van der Waals surface area contributed by atoms with Crippen molar-refractivity contribution in [2.24, 2.45) is 7.05 Å². The van der Waals surface area contributed by atoms with Crippen molar-refractivity contribution in [2.45, 2.75) is 12.5 Å². The van der Waals surface area contributed by atoms with Gasteiger partial charge in [-0.15, -0.1) is 0 Å². The van der Waals surface area contributed by atoms with E-state index in [2.05, 4.69) is 20.4 Å². The third kappa shape index (κ3) is 2.27. The van der Waals surface area contributed by atoms with E-state index >= 15 is 0 Å². The Morgan fingerprint density at radius 1 is 1.29 bits per heavy atom. The Labute approximate surface area is 137 Å². The molecule has 3 heterocycles. The van der Waals surface area contributed by atoms with Crippen LogP contribution in [0.5, 0.6) is 0 Å². The molecule has 0 aliphatic carbocycles. The van der Waals surface area contributed by atoms with Gasteiger partial charge in [-0.25, -0.2) is 14.4 Å². The largest absolute Gasteiger partial charge is 0.358 e. The summed E-state index contributed by atoms with van der Waals surface area (Å²) in [6, 6.07) is 5.83. The van der Waals surface area contributed by atoms with Crippen LogP contribution in [0.3, 0.4) is 0 Å². The number of carbonyl (C=O) groups excluding carboxylic acids is 1. The predicted molar refractivity (Wildman–Crippen MR) is 87.1 cm³/mol. The molecule has 1 aliphatic heterocycles. The van der Waals surface area contributed by atoms with Crippen LogP contribution in [-0.4, -0.2) is 38.2 Å². The summed E-state index contributed by atoms with van der Waals surface area (Å²) in [5.74, 6) is -0.0132. The molecule has 0 radical (unpaired) electrons. The molecule has 1 saturated heterocycles. The Hall–Kier alpha value is -3.03. The topological polar surface area (TPSA) is 75.9 Å². The number of rotatable bonds is 3. The summed E-state index contributed by atoms with van der Waals surface area (Å²) < 4.78 is 15.6. The van der Waals surface area contributed by atoms with Crippen LogP contribution in [0.4, 0.5) is 15.9 Å². The van der Waals surface area contributed by atoms with Crippen molar-refractivity contribution in [3.8, 4) is 0 Å². The van der Waals surface area contributed by atoms with Gasteiger partial charge in [0.2, 0.25) is 5.91 Å². The van der Waals surface area contributed by atoms with Crippen LogP contribution in [0.25, 0.3) is 11.0 Å². The quantitative estimate of drug-likeness (QED) is 0.793. The molecule has 122 valence electrons. The Morgan fingerprint density at radius 2 is 2.12 bits per heavy atom. The third-order valence-corrected chi connectivity index (χ3v) is 4.19. The van der Waals surface area contributed by atoms with E-state index in [4.69, 9.17) is 0 Å². The van der Waals surface area contributed by atoms with E-state index in [1.807, 2.05) is 0 Å². The second-order valence-electron chi connectivity index (χ2n) is 5.65. The number of benzene rings is 1. The minimum absolute atomic E-state index is 0.171. The van der Waals surface area contributed by atoms with Crippen LogP contribution in [-0.2, 0) is 11.8 Å². The zero-order valence-corrected chi connectivity index (χ0v) is 13.0. The van der Waals surface area contributed by atoms with E-state index in [-0.39, 0.29) is 5.91 Å². The summed E-state index contributed by atoms with van der Waals surface area (Å²) in [6.07, 6.45) is 3.66. The lowest BCUT2D eigenvalue weighted by atomic mass is 10.2. The molecule has 3 aromatic rings. The second-order valence-corrected chi connectivity index (χ2v) is 5.65. The highest BCUT2D eigenvalue weighted by atomic mass is 19.1. The summed E-state index contributed by atoms with van der Waals surface area (Å²) in [5.41, 5.74) is 0.991. The lowest BCUT2D eigenvalue weighted by Gasteiger charge is -2.18. The van der Waals surface area contributed by atoms with Crippen LogP contribution in [0.1, 0.15) is 6.42 Å². The maximum atomic E-state index is 13.9. The molecule has 1 fully saturated rings. The number of carbonyl (C=O) groups is 1. The van der Waals surface area contributed by atoms with Gasteiger partial charge in [0.15, 0.2) is 5.65 Å². The Morgan fingerprint density at radius 3 is 2.96 bits per heavy atom. The van der Waals surface area contributed by atoms with Crippen molar-refractivity contribution in [3.63, 3.8) is 0 Å². The maximum Gasteiger partial charge on any atom is 0.249 e. The Balaban J connectivity index is 1.60. The zero-order chi connectivity index (χ0) is 16.7. The first-order chi connectivity index (χ1) is 11.6. The predicted octanol–water partition coefficient (Wildman–Crippen LogP) is 1.72. The van der Waals surface area contributed by atoms with Gasteiger partial charge in [-0.1, -0.05) is 12.1 Å². The monoisotopic (exact) mass is 326 g/mol. The summed E-state index contributed by atoms with van der Waals surface area (Å²) in [7, 11) is 1.79. The highest BCUT2D eigenvalue weighted by molar-refractivity contribution is 6.02. The first-order valence-electron chi connectivity index (χ1n) is 7.60. The van der Waals surface area contributed by atoms with Gasteiger partial charge in [0, 0.05) is 13.6 Å². The third-order valence-electron chi connectivity index (χ3n) is 4.19. The van der Waals surface area contributed by atoms with Crippen LogP contribution >= 0.6 is 0 Å². The number of halogens is 1. The van der Waals surface area contributed by atoms with Crippen LogP contribution in [0.2, 0.25) is 0 Å².